The molecule has 0 aromatic carbocycles. The number of carbonyl (C=O) groups excluding carboxylic acids is 1. The summed E-state index contributed by atoms with van der Waals surface area (Å²) in [7, 11) is 0. The van der Waals surface area contributed by atoms with E-state index < -0.39 is 0 Å². The van der Waals surface area contributed by atoms with E-state index in [0.29, 0.717) is 24.1 Å². The second kappa shape index (κ2) is 4.92. The highest BCUT2D eigenvalue weighted by molar-refractivity contribution is 5.87. The Bertz CT molecular complexity index is 709. The first kappa shape index (κ1) is 12.6. The maximum absolute atomic E-state index is 11.9. The summed E-state index contributed by atoms with van der Waals surface area (Å²) in [5.41, 5.74) is 0.913. The minimum absolute atomic E-state index is 0.0479. The van der Waals surface area contributed by atoms with Gasteiger partial charge in [-0.05, 0) is 18.9 Å². The molecule has 1 fully saturated rings. The van der Waals surface area contributed by atoms with Crippen LogP contribution < -0.4 is 5.56 Å². The van der Waals surface area contributed by atoms with Crippen molar-refractivity contribution in [2.45, 2.75) is 18.9 Å². The molecule has 0 spiro atoms. The van der Waals surface area contributed by atoms with E-state index in [4.69, 9.17) is 0 Å². The number of aromatic nitrogens is 4. The van der Waals surface area contributed by atoms with Crippen molar-refractivity contribution < 1.29 is 4.79 Å². The number of nitrogens with one attached hydrogen (secondary N) is 1. The summed E-state index contributed by atoms with van der Waals surface area (Å²) in [6, 6.07) is 0.117. The van der Waals surface area contributed by atoms with E-state index in [9.17, 15) is 9.59 Å². The fourth-order valence-corrected chi connectivity index (χ4v) is 2.63. The number of carbonyl (C=O) groups is 1. The number of piperidine rings is 1. The molecule has 0 saturated carbocycles. The van der Waals surface area contributed by atoms with Gasteiger partial charge in [0.25, 0.3) is 5.56 Å². The highest BCUT2D eigenvalue weighted by atomic mass is 16.2. The molecule has 0 bridgehead atoms. The zero-order valence-electron chi connectivity index (χ0n) is 11.0. The van der Waals surface area contributed by atoms with Gasteiger partial charge in [0.1, 0.15) is 5.52 Å². The van der Waals surface area contributed by atoms with Crippen LogP contribution in [-0.4, -0.2) is 43.6 Å². The molecule has 20 heavy (non-hydrogen) atoms. The van der Waals surface area contributed by atoms with Crippen LogP contribution in [-0.2, 0) is 4.79 Å². The summed E-state index contributed by atoms with van der Waals surface area (Å²) in [4.78, 5) is 31.9. The van der Waals surface area contributed by atoms with E-state index in [1.165, 1.54) is 12.4 Å². The molecule has 1 saturated heterocycles. The van der Waals surface area contributed by atoms with Crippen LogP contribution in [0.5, 0.6) is 0 Å². The zero-order chi connectivity index (χ0) is 14.1. The molecule has 1 N–H and O–H groups in total. The Kier molecular flexibility index (Phi) is 3.09. The predicted octanol–water partition coefficient (Wildman–Crippen LogP) is 0.469. The second-order valence-electron chi connectivity index (χ2n) is 4.82. The lowest BCUT2D eigenvalue weighted by Crippen LogP contribution is -2.38. The van der Waals surface area contributed by atoms with Crippen molar-refractivity contribution in [3.05, 3.63) is 35.5 Å². The smallest absolute Gasteiger partial charge is 0.276 e. The zero-order valence-corrected chi connectivity index (χ0v) is 11.0. The SMILES string of the molecule is C=CC(=O)N1CCC(n2ncc3nc[nH]c(=O)c32)CC1. The highest BCUT2D eigenvalue weighted by Gasteiger charge is 2.24. The van der Waals surface area contributed by atoms with Crippen LogP contribution in [0.4, 0.5) is 0 Å². The van der Waals surface area contributed by atoms with Crippen LogP contribution in [0, 0.1) is 0 Å². The average molecular weight is 273 g/mol. The molecule has 0 atom stereocenters. The van der Waals surface area contributed by atoms with Gasteiger partial charge in [-0.1, -0.05) is 6.58 Å². The summed E-state index contributed by atoms with van der Waals surface area (Å²) in [6.45, 7) is 4.79. The maximum Gasteiger partial charge on any atom is 0.276 e. The van der Waals surface area contributed by atoms with Crippen LogP contribution in [0.15, 0.2) is 30.0 Å². The largest absolute Gasteiger partial charge is 0.339 e. The Balaban J connectivity index is 1.86. The van der Waals surface area contributed by atoms with Gasteiger partial charge in [-0.25, -0.2) is 4.98 Å². The number of fused-ring (bicyclic) bond motifs is 1. The highest BCUT2D eigenvalue weighted by Crippen LogP contribution is 2.24. The van der Waals surface area contributed by atoms with Gasteiger partial charge in [0.15, 0.2) is 5.52 Å². The summed E-state index contributed by atoms with van der Waals surface area (Å²) >= 11 is 0. The van der Waals surface area contributed by atoms with E-state index in [2.05, 4.69) is 21.6 Å². The van der Waals surface area contributed by atoms with Crippen LogP contribution in [0.2, 0.25) is 0 Å². The van der Waals surface area contributed by atoms with Gasteiger partial charge in [-0.3, -0.25) is 14.3 Å². The molecular weight excluding hydrogens is 258 g/mol. The molecular formula is C13H15N5O2. The molecule has 2 aromatic rings. The van der Waals surface area contributed by atoms with Crippen molar-refractivity contribution in [3.8, 4) is 0 Å². The Morgan fingerprint density at radius 2 is 2.20 bits per heavy atom. The van der Waals surface area contributed by atoms with Gasteiger partial charge in [0.05, 0.1) is 18.6 Å². The maximum atomic E-state index is 11.9. The van der Waals surface area contributed by atoms with Crippen LogP contribution in [0.3, 0.4) is 0 Å². The first-order chi connectivity index (χ1) is 9.70. The number of rotatable bonds is 2. The Labute approximate surface area is 114 Å². The van der Waals surface area contributed by atoms with E-state index in [0.717, 1.165) is 12.8 Å². The average Bonchev–Trinajstić information content (AvgIpc) is 2.92. The monoisotopic (exact) mass is 273 g/mol. The number of hydrogen-bond donors (Lipinski definition) is 1. The molecule has 104 valence electrons. The standard InChI is InChI=1S/C13H15N5O2/c1-2-11(19)17-5-3-9(4-6-17)18-12-10(7-16-18)14-8-15-13(12)20/h2,7-9H,1,3-6H2,(H,14,15,20). The molecule has 1 amide bonds. The Morgan fingerprint density at radius 3 is 2.90 bits per heavy atom. The normalized spacial score (nSPS) is 16.5. The Morgan fingerprint density at radius 1 is 1.45 bits per heavy atom. The third-order valence-electron chi connectivity index (χ3n) is 3.69. The van der Waals surface area contributed by atoms with Crippen molar-refractivity contribution in [3.63, 3.8) is 0 Å². The van der Waals surface area contributed by atoms with Gasteiger partial charge in [0, 0.05) is 13.1 Å². The number of aromatic amines is 1. The quantitative estimate of drug-likeness (QED) is 0.806. The van der Waals surface area contributed by atoms with Gasteiger partial charge in [-0.2, -0.15) is 5.10 Å². The second-order valence-corrected chi connectivity index (χ2v) is 4.82. The third kappa shape index (κ3) is 2.01. The van der Waals surface area contributed by atoms with E-state index in [-0.39, 0.29) is 17.5 Å². The van der Waals surface area contributed by atoms with Gasteiger partial charge >= 0.3 is 0 Å². The van der Waals surface area contributed by atoms with Crippen molar-refractivity contribution in [2.75, 3.05) is 13.1 Å². The molecule has 1 aliphatic rings. The van der Waals surface area contributed by atoms with Crippen molar-refractivity contribution in [1.82, 2.24) is 24.6 Å². The van der Waals surface area contributed by atoms with E-state index in [1.807, 2.05) is 0 Å². The lowest BCUT2D eigenvalue weighted by atomic mass is 10.1. The minimum Gasteiger partial charge on any atom is -0.339 e. The third-order valence-corrected chi connectivity index (χ3v) is 3.69. The number of H-pyrrole nitrogens is 1. The summed E-state index contributed by atoms with van der Waals surface area (Å²) in [5.74, 6) is -0.0479. The van der Waals surface area contributed by atoms with Gasteiger partial charge in [-0.15, -0.1) is 0 Å². The number of amides is 1. The minimum atomic E-state index is -0.183. The molecule has 3 heterocycles. The number of likely N-dealkylation sites (tertiary alicyclic amines) is 1. The first-order valence-corrected chi connectivity index (χ1v) is 6.53. The molecule has 2 aromatic heterocycles. The molecule has 7 heteroatoms. The van der Waals surface area contributed by atoms with Gasteiger partial charge in [0.2, 0.25) is 5.91 Å². The fraction of sp³-hybridized carbons (Fsp3) is 0.385. The predicted molar refractivity (Wildman–Crippen MR) is 73.2 cm³/mol. The van der Waals surface area contributed by atoms with Crippen molar-refractivity contribution >= 4 is 16.9 Å². The molecule has 7 nitrogen and oxygen atoms in total. The molecule has 0 unspecified atom stereocenters. The fourth-order valence-electron chi connectivity index (χ4n) is 2.63. The van der Waals surface area contributed by atoms with Gasteiger partial charge < -0.3 is 9.88 Å². The summed E-state index contributed by atoms with van der Waals surface area (Å²) in [6.07, 6.45) is 5.85. The topological polar surface area (TPSA) is 83.9 Å². The van der Waals surface area contributed by atoms with E-state index >= 15 is 0 Å². The summed E-state index contributed by atoms with van der Waals surface area (Å²) in [5, 5.41) is 4.28. The van der Waals surface area contributed by atoms with Crippen LogP contribution >= 0.6 is 0 Å². The molecule has 0 radical (unpaired) electrons. The number of nitrogens with zero attached hydrogens (tertiary/aromatic N) is 4. The van der Waals surface area contributed by atoms with Crippen LogP contribution in [0.25, 0.3) is 11.0 Å². The van der Waals surface area contributed by atoms with E-state index in [1.54, 1.807) is 15.8 Å². The molecule has 1 aliphatic heterocycles. The number of hydrogen-bond acceptors (Lipinski definition) is 4. The van der Waals surface area contributed by atoms with Crippen molar-refractivity contribution in [1.29, 1.82) is 0 Å². The lowest BCUT2D eigenvalue weighted by molar-refractivity contribution is -0.127. The molecule has 3 rings (SSSR count). The molecule has 0 aliphatic carbocycles. The lowest BCUT2D eigenvalue weighted by Gasteiger charge is -2.31. The van der Waals surface area contributed by atoms with Crippen LogP contribution in [0.1, 0.15) is 18.9 Å². The first-order valence-electron chi connectivity index (χ1n) is 6.53. The van der Waals surface area contributed by atoms with Crippen molar-refractivity contribution in [2.24, 2.45) is 0 Å². The summed E-state index contributed by atoms with van der Waals surface area (Å²) < 4.78 is 1.73. The Hall–Kier alpha value is -2.44.